The molecule has 16 heavy (non-hydrogen) atoms. The first kappa shape index (κ1) is 13.0. The van der Waals surface area contributed by atoms with Crippen LogP contribution in [0.25, 0.3) is 0 Å². The molecule has 4 nitrogen and oxygen atoms in total. The van der Waals surface area contributed by atoms with E-state index in [1.807, 2.05) is 6.92 Å². The number of carbonyl (C=O) groups excluding carboxylic acids is 2. The van der Waals surface area contributed by atoms with Gasteiger partial charge < -0.3 is 10.2 Å². The molecular formula is C11H17ClN2O2. The lowest BCUT2D eigenvalue weighted by atomic mass is 9.97. The third-order valence-corrected chi connectivity index (χ3v) is 2.97. The summed E-state index contributed by atoms with van der Waals surface area (Å²) < 4.78 is 0. The predicted molar refractivity (Wildman–Crippen MR) is 63.0 cm³/mol. The molecule has 0 radical (unpaired) electrons. The van der Waals surface area contributed by atoms with Crippen LogP contribution in [0.15, 0.2) is 11.6 Å². The van der Waals surface area contributed by atoms with Crippen molar-refractivity contribution >= 4 is 23.4 Å². The Morgan fingerprint density at radius 1 is 1.62 bits per heavy atom. The normalized spacial score (nSPS) is 26.3. The Hall–Kier alpha value is -1.03. The van der Waals surface area contributed by atoms with Crippen LogP contribution in [0.1, 0.15) is 26.7 Å². The maximum absolute atomic E-state index is 12.2. The van der Waals surface area contributed by atoms with E-state index in [1.165, 1.54) is 0 Å². The summed E-state index contributed by atoms with van der Waals surface area (Å²) in [7, 11) is 0. The van der Waals surface area contributed by atoms with Crippen molar-refractivity contribution in [3.8, 4) is 0 Å². The highest BCUT2D eigenvalue weighted by molar-refractivity contribution is 6.29. The van der Waals surface area contributed by atoms with Gasteiger partial charge in [-0.25, -0.2) is 0 Å². The van der Waals surface area contributed by atoms with Gasteiger partial charge in [0.05, 0.1) is 6.54 Å². The quantitative estimate of drug-likeness (QED) is 0.813. The van der Waals surface area contributed by atoms with Crippen molar-refractivity contribution < 1.29 is 9.59 Å². The maximum Gasteiger partial charge on any atom is 0.248 e. The zero-order valence-electron chi connectivity index (χ0n) is 9.68. The van der Waals surface area contributed by atoms with Crippen molar-refractivity contribution in [2.45, 2.75) is 32.2 Å². The summed E-state index contributed by atoms with van der Waals surface area (Å²) in [6.07, 6.45) is 0.869. The number of carbonyl (C=O) groups is 2. The van der Waals surface area contributed by atoms with Gasteiger partial charge in [0.1, 0.15) is 5.54 Å². The van der Waals surface area contributed by atoms with Gasteiger partial charge in [0.25, 0.3) is 0 Å². The number of rotatable bonds is 3. The van der Waals surface area contributed by atoms with E-state index in [4.69, 9.17) is 11.6 Å². The molecule has 0 aromatic carbocycles. The molecule has 0 aromatic rings. The van der Waals surface area contributed by atoms with Crippen molar-refractivity contribution in [2.24, 2.45) is 0 Å². The van der Waals surface area contributed by atoms with Crippen molar-refractivity contribution in [1.82, 2.24) is 10.2 Å². The van der Waals surface area contributed by atoms with Crippen molar-refractivity contribution in [2.75, 3.05) is 13.1 Å². The van der Waals surface area contributed by atoms with Gasteiger partial charge in [0.15, 0.2) is 0 Å². The number of amides is 2. The van der Waals surface area contributed by atoms with E-state index in [-0.39, 0.29) is 11.8 Å². The summed E-state index contributed by atoms with van der Waals surface area (Å²) >= 11 is 5.71. The maximum atomic E-state index is 12.2. The van der Waals surface area contributed by atoms with Gasteiger partial charge in [-0.05, 0) is 13.3 Å². The number of hydrogen-bond acceptors (Lipinski definition) is 2. The SMILES string of the molecule is C=C(Cl)CN1CCC(=O)NC(C)(CC)C1=O. The van der Waals surface area contributed by atoms with Crippen molar-refractivity contribution in [3.05, 3.63) is 11.6 Å². The zero-order chi connectivity index (χ0) is 12.3. The summed E-state index contributed by atoms with van der Waals surface area (Å²) in [4.78, 5) is 25.3. The second kappa shape index (κ2) is 4.87. The first-order chi connectivity index (χ1) is 7.39. The smallest absolute Gasteiger partial charge is 0.248 e. The van der Waals surface area contributed by atoms with E-state index in [2.05, 4.69) is 11.9 Å². The summed E-state index contributed by atoms with van der Waals surface area (Å²) in [5, 5.41) is 3.16. The van der Waals surface area contributed by atoms with Crippen LogP contribution >= 0.6 is 11.6 Å². The Morgan fingerprint density at radius 2 is 2.25 bits per heavy atom. The molecule has 0 aliphatic carbocycles. The highest BCUT2D eigenvalue weighted by atomic mass is 35.5. The van der Waals surface area contributed by atoms with Crippen LogP contribution in [0, 0.1) is 0 Å². The van der Waals surface area contributed by atoms with Gasteiger partial charge in [0.2, 0.25) is 11.8 Å². The van der Waals surface area contributed by atoms with Crippen LogP contribution in [-0.2, 0) is 9.59 Å². The van der Waals surface area contributed by atoms with Gasteiger partial charge in [-0.1, -0.05) is 25.1 Å². The van der Waals surface area contributed by atoms with Crippen LogP contribution in [0.5, 0.6) is 0 Å². The Labute approximate surface area is 101 Å². The number of hydrogen-bond donors (Lipinski definition) is 1. The minimum atomic E-state index is -0.820. The molecule has 1 rings (SSSR count). The van der Waals surface area contributed by atoms with Gasteiger partial charge >= 0.3 is 0 Å². The molecule has 5 heteroatoms. The Morgan fingerprint density at radius 3 is 2.75 bits per heavy atom. The van der Waals surface area contributed by atoms with Crippen molar-refractivity contribution in [1.29, 1.82) is 0 Å². The highest BCUT2D eigenvalue weighted by Crippen LogP contribution is 2.18. The topological polar surface area (TPSA) is 49.4 Å². The van der Waals surface area contributed by atoms with E-state index in [0.717, 1.165) is 0 Å². The minimum Gasteiger partial charge on any atom is -0.342 e. The highest BCUT2D eigenvalue weighted by Gasteiger charge is 2.38. The van der Waals surface area contributed by atoms with Crippen LogP contribution in [0.3, 0.4) is 0 Å². The third kappa shape index (κ3) is 2.76. The summed E-state index contributed by atoms with van der Waals surface area (Å²) in [6, 6.07) is 0. The average molecular weight is 245 g/mol. The minimum absolute atomic E-state index is 0.0948. The van der Waals surface area contributed by atoms with E-state index < -0.39 is 5.54 Å². The second-order valence-electron chi connectivity index (χ2n) is 4.23. The molecule has 90 valence electrons. The molecule has 0 aromatic heterocycles. The van der Waals surface area contributed by atoms with Crippen LogP contribution < -0.4 is 5.32 Å². The lowest BCUT2D eigenvalue weighted by molar-refractivity contribution is -0.137. The average Bonchev–Trinajstić information content (AvgIpc) is 2.30. The molecule has 0 bridgehead atoms. The van der Waals surface area contributed by atoms with E-state index in [0.29, 0.717) is 31.0 Å². The fourth-order valence-electron chi connectivity index (χ4n) is 1.71. The molecule has 0 spiro atoms. The largest absolute Gasteiger partial charge is 0.342 e. The zero-order valence-corrected chi connectivity index (χ0v) is 10.4. The molecule has 1 saturated heterocycles. The molecule has 2 amide bonds. The lowest BCUT2D eigenvalue weighted by Gasteiger charge is -2.30. The van der Waals surface area contributed by atoms with E-state index in [9.17, 15) is 9.59 Å². The van der Waals surface area contributed by atoms with Crippen LogP contribution in [0.2, 0.25) is 0 Å². The monoisotopic (exact) mass is 244 g/mol. The Balaban J connectivity index is 2.92. The summed E-state index contributed by atoms with van der Waals surface area (Å²) in [6.45, 7) is 7.88. The molecule has 1 N–H and O–H groups in total. The van der Waals surface area contributed by atoms with Crippen LogP contribution in [-0.4, -0.2) is 35.3 Å². The standard InChI is InChI=1S/C11H17ClN2O2/c1-4-11(3)10(16)14(7-8(2)12)6-5-9(15)13-11/h2,4-7H2,1,3H3,(H,13,15). The first-order valence-electron chi connectivity index (χ1n) is 5.32. The van der Waals surface area contributed by atoms with Gasteiger partial charge in [-0.15, -0.1) is 0 Å². The number of nitrogens with one attached hydrogen (secondary N) is 1. The molecule has 1 unspecified atom stereocenters. The van der Waals surface area contributed by atoms with Crippen molar-refractivity contribution in [3.63, 3.8) is 0 Å². The van der Waals surface area contributed by atoms with Gasteiger partial charge in [-0.2, -0.15) is 0 Å². The van der Waals surface area contributed by atoms with Gasteiger partial charge in [0, 0.05) is 18.0 Å². The molecule has 1 aliphatic rings. The fraction of sp³-hybridized carbons (Fsp3) is 0.636. The summed E-state index contributed by atoms with van der Waals surface area (Å²) in [5.41, 5.74) is -0.820. The molecule has 1 heterocycles. The number of halogens is 1. The number of nitrogens with zero attached hydrogens (tertiary/aromatic N) is 1. The first-order valence-corrected chi connectivity index (χ1v) is 5.70. The third-order valence-electron chi connectivity index (χ3n) is 2.85. The Kier molecular flexibility index (Phi) is 3.97. The van der Waals surface area contributed by atoms with Crippen LogP contribution in [0.4, 0.5) is 0 Å². The van der Waals surface area contributed by atoms with Gasteiger partial charge in [-0.3, -0.25) is 9.59 Å². The molecule has 1 fully saturated rings. The van der Waals surface area contributed by atoms with E-state index in [1.54, 1.807) is 11.8 Å². The molecule has 1 aliphatic heterocycles. The predicted octanol–water partition coefficient (Wildman–Crippen LogP) is 1.26. The molecule has 0 saturated carbocycles. The van der Waals surface area contributed by atoms with E-state index >= 15 is 0 Å². The second-order valence-corrected chi connectivity index (χ2v) is 4.76. The lowest BCUT2D eigenvalue weighted by Crippen LogP contribution is -2.54. The molecular weight excluding hydrogens is 228 g/mol. The molecule has 1 atom stereocenters. The fourth-order valence-corrected chi connectivity index (χ4v) is 1.85. The summed E-state index contributed by atoms with van der Waals surface area (Å²) in [5.74, 6) is -0.192. The Bertz CT molecular complexity index is 330.